The van der Waals surface area contributed by atoms with E-state index in [2.05, 4.69) is 99.2 Å². The number of anilines is 1. The molecule has 34 heavy (non-hydrogen) atoms. The van der Waals surface area contributed by atoms with Crippen molar-refractivity contribution in [2.45, 2.75) is 12.5 Å². The average Bonchev–Trinajstić information content (AvgIpc) is 2.88. The lowest BCUT2D eigenvalue weighted by atomic mass is 9.91. The predicted octanol–water partition coefficient (Wildman–Crippen LogP) is 3.95. The lowest BCUT2D eigenvalue weighted by molar-refractivity contribution is 0.312. The molecule has 0 bridgehead atoms. The number of aromatic nitrogens is 1. The van der Waals surface area contributed by atoms with E-state index in [0.29, 0.717) is 6.54 Å². The molecule has 0 amide bonds. The van der Waals surface area contributed by atoms with E-state index < -0.39 is 0 Å². The summed E-state index contributed by atoms with van der Waals surface area (Å²) in [5, 5.41) is 7.03. The maximum Gasteiger partial charge on any atom is 0.191 e. The van der Waals surface area contributed by atoms with Crippen molar-refractivity contribution in [3.8, 4) is 0 Å². The Hall–Kier alpha value is -2.65. The number of aliphatic imine (C=N–C) groups is 1. The minimum Gasteiger partial charge on any atom is -0.355 e. The van der Waals surface area contributed by atoms with Crippen molar-refractivity contribution >= 4 is 35.8 Å². The SMILES string of the molecule is CN=C(NCc1cccnc1N1CCN(C)CC1)NCC(c1ccccc1)c1ccccc1.I. The third-order valence-corrected chi connectivity index (χ3v) is 6.22. The Morgan fingerprint density at radius 1 is 0.882 bits per heavy atom. The summed E-state index contributed by atoms with van der Waals surface area (Å²) in [6.45, 7) is 5.56. The second kappa shape index (κ2) is 13.3. The second-order valence-corrected chi connectivity index (χ2v) is 8.46. The Kier molecular flexibility index (Phi) is 10.2. The van der Waals surface area contributed by atoms with E-state index in [1.54, 1.807) is 0 Å². The van der Waals surface area contributed by atoms with Gasteiger partial charge in [0.1, 0.15) is 5.82 Å². The topological polar surface area (TPSA) is 55.8 Å². The number of benzene rings is 2. The van der Waals surface area contributed by atoms with Crippen molar-refractivity contribution in [2.75, 3.05) is 51.7 Å². The van der Waals surface area contributed by atoms with Gasteiger partial charge in [0.2, 0.25) is 0 Å². The molecule has 0 saturated carbocycles. The van der Waals surface area contributed by atoms with Crippen molar-refractivity contribution in [1.82, 2.24) is 20.5 Å². The van der Waals surface area contributed by atoms with Gasteiger partial charge in [-0.05, 0) is 24.2 Å². The van der Waals surface area contributed by atoms with Crippen LogP contribution >= 0.6 is 24.0 Å². The van der Waals surface area contributed by atoms with E-state index in [-0.39, 0.29) is 29.9 Å². The zero-order chi connectivity index (χ0) is 22.9. The van der Waals surface area contributed by atoms with Gasteiger partial charge in [-0.15, -0.1) is 24.0 Å². The van der Waals surface area contributed by atoms with Crippen LogP contribution in [-0.2, 0) is 6.54 Å². The molecular formula is C27H35IN6. The van der Waals surface area contributed by atoms with E-state index in [4.69, 9.17) is 4.98 Å². The lowest BCUT2D eigenvalue weighted by Crippen LogP contribution is -2.45. The molecule has 4 rings (SSSR count). The van der Waals surface area contributed by atoms with Crippen molar-refractivity contribution in [3.05, 3.63) is 95.7 Å². The van der Waals surface area contributed by atoms with Crippen LogP contribution in [0.3, 0.4) is 0 Å². The number of pyridine rings is 1. The van der Waals surface area contributed by atoms with E-state index in [1.807, 2.05) is 19.3 Å². The van der Waals surface area contributed by atoms with Crippen LogP contribution in [0.2, 0.25) is 0 Å². The highest BCUT2D eigenvalue weighted by Gasteiger charge is 2.18. The van der Waals surface area contributed by atoms with Gasteiger partial charge < -0.3 is 20.4 Å². The molecule has 0 radical (unpaired) electrons. The second-order valence-electron chi connectivity index (χ2n) is 8.46. The highest BCUT2D eigenvalue weighted by molar-refractivity contribution is 14.0. The molecule has 1 aliphatic rings. The molecule has 7 heteroatoms. The average molecular weight is 571 g/mol. The molecule has 0 spiro atoms. The molecule has 1 saturated heterocycles. The van der Waals surface area contributed by atoms with Gasteiger partial charge in [-0.1, -0.05) is 66.7 Å². The van der Waals surface area contributed by atoms with Crippen LogP contribution in [0.1, 0.15) is 22.6 Å². The molecule has 0 aliphatic carbocycles. The molecule has 1 fully saturated rings. The van der Waals surface area contributed by atoms with Crippen LogP contribution in [0.15, 0.2) is 84.0 Å². The zero-order valence-electron chi connectivity index (χ0n) is 20.0. The van der Waals surface area contributed by atoms with Gasteiger partial charge in [0.05, 0.1) is 0 Å². The number of guanidine groups is 1. The Morgan fingerprint density at radius 2 is 1.50 bits per heavy atom. The first-order valence-corrected chi connectivity index (χ1v) is 11.7. The summed E-state index contributed by atoms with van der Waals surface area (Å²) in [5.41, 5.74) is 3.76. The van der Waals surface area contributed by atoms with Gasteiger partial charge in [-0.2, -0.15) is 0 Å². The molecule has 6 nitrogen and oxygen atoms in total. The van der Waals surface area contributed by atoms with E-state index >= 15 is 0 Å². The number of piperazine rings is 1. The molecule has 2 N–H and O–H groups in total. The Morgan fingerprint density at radius 3 is 2.09 bits per heavy atom. The third kappa shape index (κ3) is 6.93. The normalized spacial score (nSPS) is 14.6. The van der Waals surface area contributed by atoms with Crippen molar-refractivity contribution in [1.29, 1.82) is 0 Å². The summed E-state index contributed by atoms with van der Waals surface area (Å²) in [7, 11) is 3.99. The van der Waals surface area contributed by atoms with Crippen LogP contribution in [0.4, 0.5) is 5.82 Å². The standard InChI is InChI=1S/C27H34N6.HI/c1-28-27(30-20-24-14-9-15-29-26(24)33-18-16-32(2)17-19-33)31-21-25(22-10-5-3-6-11-22)23-12-7-4-8-13-23;/h3-15,25H,16-21H2,1-2H3,(H2,28,30,31);1H. The number of likely N-dealkylation sites (N-methyl/N-ethyl adjacent to an activating group) is 1. The van der Waals surface area contributed by atoms with Gasteiger partial charge in [0, 0.05) is 64.0 Å². The van der Waals surface area contributed by atoms with Crippen molar-refractivity contribution in [2.24, 2.45) is 4.99 Å². The molecular weight excluding hydrogens is 535 g/mol. The Bertz CT molecular complexity index is 980. The number of hydrogen-bond acceptors (Lipinski definition) is 4. The number of hydrogen-bond donors (Lipinski definition) is 2. The summed E-state index contributed by atoms with van der Waals surface area (Å²) in [6, 6.07) is 25.4. The summed E-state index contributed by atoms with van der Waals surface area (Å²) in [5.74, 6) is 2.10. The number of rotatable bonds is 7. The molecule has 0 unspecified atom stereocenters. The summed E-state index contributed by atoms with van der Waals surface area (Å²) >= 11 is 0. The highest BCUT2D eigenvalue weighted by Crippen LogP contribution is 2.24. The molecule has 1 aliphatic heterocycles. The number of nitrogens with zero attached hydrogens (tertiary/aromatic N) is 4. The Labute approximate surface area is 220 Å². The molecule has 0 atom stereocenters. The smallest absolute Gasteiger partial charge is 0.191 e. The van der Waals surface area contributed by atoms with E-state index in [0.717, 1.165) is 44.5 Å². The van der Waals surface area contributed by atoms with Crippen LogP contribution in [-0.4, -0.2) is 62.7 Å². The minimum absolute atomic E-state index is 0. The maximum atomic E-state index is 4.69. The first-order chi connectivity index (χ1) is 16.2. The fourth-order valence-corrected chi connectivity index (χ4v) is 4.27. The van der Waals surface area contributed by atoms with Gasteiger partial charge in [-0.25, -0.2) is 4.98 Å². The van der Waals surface area contributed by atoms with Crippen LogP contribution in [0.5, 0.6) is 0 Å². The first-order valence-electron chi connectivity index (χ1n) is 11.7. The summed E-state index contributed by atoms with van der Waals surface area (Å²) in [4.78, 5) is 13.9. The fourth-order valence-electron chi connectivity index (χ4n) is 4.27. The molecule has 1 aromatic heterocycles. The molecule has 180 valence electrons. The maximum absolute atomic E-state index is 4.69. The molecule has 3 aromatic rings. The molecule has 2 heterocycles. The van der Waals surface area contributed by atoms with Crippen LogP contribution in [0.25, 0.3) is 0 Å². The largest absolute Gasteiger partial charge is 0.355 e. The third-order valence-electron chi connectivity index (χ3n) is 6.22. The van der Waals surface area contributed by atoms with E-state index in [9.17, 15) is 0 Å². The van der Waals surface area contributed by atoms with Gasteiger partial charge in [0.25, 0.3) is 0 Å². The van der Waals surface area contributed by atoms with Gasteiger partial charge >= 0.3 is 0 Å². The quantitative estimate of drug-likeness (QED) is 0.256. The lowest BCUT2D eigenvalue weighted by Gasteiger charge is -2.34. The zero-order valence-corrected chi connectivity index (χ0v) is 22.4. The van der Waals surface area contributed by atoms with Gasteiger partial charge in [-0.3, -0.25) is 4.99 Å². The highest BCUT2D eigenvalue weighted by atomic mass is 127. The molecule has 2 aromatic carbocycles. The van der Waals surface area contributed by atoms with Gasteiger partial charge in [0.15, 0.2) is 5.96 Å². The van der Waals surface area contributed by atoms with Crippen LogP contribution in [0, 0.1) is 0 Å². The number of nitrogens with one attached hydrogen (secondary N) is 2. The van der Waals surface area contributed by atoms with Crippen LogP contribution < -0.4 is 15.5 Å². The van der Waals surface area contributed by atoms with Crippen molar-refractivity contribution in [3.63, 3.8) is 0 Å². The summed E-state index contributed by atoms with van der Waals surface area (Å²) < 4.78 is 0. The number of halogens is 1. The van der Waals surface area contributed by atoms with E-state index in [1.165, 1.54) is 16.7 Å². The Balaban J connectivity index is 0.00000324. The van der Waals surface area contributed by atoms with Crippen molar-refractivity contribution < 1.29 is 0 Å². The minimum atomic E-state index is 0. The fraction of sp³-hybridized carbons (Fsp3) is 0.333. The predicted molar refractivity (Wildman–Crippen MR) is 152 cm³/mol. The monoisotopic (exact) mass is 570 g/mol. The first kappa shape index (κ1) is 26.0. The summed E-state index contributed by atoms with van der Waals surface area (Å²) in [6.07, 6.45) is 1.88.